The van der Waals surface area contributed by atoms with E-state index in [1.807, 2.05) is 0 Å². The molecule has 0 N–H and O–H groups in total. The number of ether oxygens (including phenoxy) is 3. The summed E-state index contributed by atoms with van der Waals surface area (Å²) in [6, 6.07) is 9.01. The number of thiazole rings is 1. The fraction of sp³-hybridized carbons (Fsp3) is 0.222. The zero-order valence-corrected chi connectivity index (χ0v) is 18.1. The summed E-state index contributed by atoms with van der Waals surface area (Å²) in [4.78, 5) is 12.0. The number of esters is 1. The van der Waals surface area contributed by atoms with Gasteiger partial charge in [-0.2, -0.15) is 8.42 Å². The Morgan fingerprint density at radius 3 is 2.31 bits per heavy atom. The zero-order valence-electron chi connectivity index (χ0n) is 15.7. The minimum Gasteiger partial charge on any atom is -0.493 e. The van der Waals surface area contributed by atoms with Gasteiger partial charge in [-0.3, -0.25) is 4.79 Å². The predicted octanol–water partition coefficient (Wildman–Crippen LogP) is 2.84. The molecule has 11 heteroatoms. The van der Waals surface area contributed by atoms with Gasteiger partial charge in [-0.05, 0) is 24.3 Å². The number of hydrogen-bond acceptors (Lipinski definition) is 7. The SMILES string of the molecule is COC(=O)Cn1c(=NS(=O)(=O)c2ccc(Cl)cc2)sc2cc(OC)c(OC)cc21. The van der Waals surface area contributed by atoms with Crippen LogP contribution in [0.1, 0.15) is 0 Å². The normalized spacial score (nSPS) is 12.2. The van der Waals surface area contributed by atoms with E-state index in [9.17, 15) is 13.2 Å². The Morgan fingerprint density at radius 1 is 1.10 bits per heavy atom. The van der Waals surface area contributed by atoms with Crippen LogP contribution in [0.2, 0.25) is 5.02 Å². The van der Waals surface area contributed by atoms with Crippen molar-refractivity contribution in [2.45, 2.75) is 11.4 Å². The first-order valence-corrected chi connectivity index (χ1v) is 10.8. The second-order valence-corrected chi connectivity index (χ2v) is 8.79. The van der Waals surface area contributed by atoms with Crippen molar-refractivity contribution >= 4 is 49.1 Å². The fourth-order valence-electron chi connectivity index (χ4n) is 2.58. The molecule has 0 aliphatic heterocycles. The van der Waals surface area contributed by atoms with Crippen LogP contribution in [0.4, 0.5) is 0 Å². The molecule has 0 radical (unpaired) electrons. The second kappa shape index (κ2) is 8.44. The van der Waals surface area contributed by atoms with Gasteiger partial charge in [-0.15, -0.1) is 4.40 Å². The molecule has 29 heavy (non-hydrogen) atoms. The molecule has 0 amide bonds. The van der Waals surface area contributed by atoms with Crippen LogP contribution in [0.5, 0.6) is 11.5 Å². The van der Waals surface area contributed by atoms with Gasteiger partial charge in [0.15, 0.2) is 11.5 Å². The smallest absolute Gasteiger partial charge is 0.325 e. The van der Waals surface area contributed by atoms with Gasteiger partial charge in [0.1, 0.15) is 6.54 Å². The molecule has 1 aromatic heterocycles. The Kier molecular flexibility index (Phi) is 6.15. The highest BCUT2D eigenvalue weighted by Gasteiger charge is 2.18. The number of carbonyl (C=O) groups is 1. The van der Waals surface area contributed by atoms with Gasteiger partial charge in [-0.1, -0.05) is 22.9 Å². The van der Waals surface area contributed by atoms with E-state index in [0.29, 0.717) is 26.7 Å². The Labute approximate surface area is 176 Å². The maximum absolute atomic E-state index is 12.8. The molecule has 3 rings (SSSR count). The number of hydrogen-bond donors (Lipinski definition) is 0. The summed E-state index contributed by atoms with van der Waals surface area (Å²) >= 11 is 6.93. The van der Waals surface area contributed by atoms with E-state index in [0.717, 1.165) is 11.3 Å². The van der Waals surface area contributed by atoms with Crippen LogP contribution >= 0.6 is 22.9 Å². The van der Waals surface area contributed by atoms with E-state index in [2.05, 4.69) is 4.40 Å². The van der Waals surface area contributed by atoms with E-state index in [1.54, 1.807) is 12.1 Å². The highest BCUT2D eigenvalue weighted by molar-refractivity contribution is 7.90. The summed E-state index contributed by atoms with van der Waals surface area (Å²) in [6.45, 7) is -0.221. The highest BCUT2D eigenvalue weighted by atomic mass is 35.5. The van der Waals surface area contributed by atoms with Gasteiger partial charge < -0.3 is 18.8 Å². The van der Waals surface area contributed by atoms with Crippen molar-refractivity contribution in [3.05, 3.63) is 46.2 Å². The molecule has 0 aliphatic rings. The summed E-state index contributed by atoms with van der Waals surface area (Å²) in [5.74, 6) is 0.354. The van der Waals surface area contributed by atoms with Gasteiger partial charge in [-0.25, -0.2) is 0 Å². The van der Waals surface area contributed by atoms with Crippen LogP contribution in [0.25, 0.3) is 10.2 Å². The predicted molar refractivity (Wildman–Crippen MR) is 109 cm³/mol. The number of methoxy groups -OCH3 is 3. The molecule has 2 aromatic carbocycles. The van der Waals surface area contributed by atoms with Crippen molar-refractivity contribution in [3.63, 3.8) is 0 Å². The van der Waals surface area contributed by atoms with Gasteiger partial charge in [0, 0.05) is 17.2 Å². The van der Waals surface area contributed by atoms with E-state index >= 15 is 0 Å². The first-order valence-electron chi connectivity index (χ1n) is 8.18. The topological polar surface area (TPSA) is 96.2 Å². The van der Waals surface area contributed by atoms with E-state index < -0.39 is 16.0 Å². The first-order chi connectivity index (χ1) is 13.8. The summed E-state index contributed by atoms with van der Waals surface area (Å²) in [5, 5.41) is 0.408. The highest BCUT2D eigenvalue weighted by Crippen LogP contribution is 2.33. The third-order valence-corrected chi connectivity index (χ3v) is 6.70. The number of halogens is 1. The fourth-order valence-corrected chi connectivity index (χ4v) is 4.94. The van der Waals surface area contributed by atoms with Crippen molar-refractivity contribution < 1.29 is 27.4 Å². The molecule has 3 aromatic rings. The molecule has 1 heterocycles. The number of fused-ring (bicyclic) bond motifs is 1. The maximum atomic E-state index is 12.8. The van der Waals surface area contributed by atoms with Gasteiger partial charge in [0.2, 0.25) is 4.80 Å². The Morgan fingerprint density at radius 2 is 1.72 bits per heavy atom. The Bertz CT molecular complexity index is 1230. The molecule has 0 atom stereocenters. The monoisotopic (exact) mass is 456 g/mol. The van der Waals surface area contributed by atoms with Crippen molar-refractivity contribution in [2.24, 2.45) is 4.40 Å². The van der Waals surface area contributed by atoms with Gasteiger partial charge in [0.25, 0.3) is 10.0 Å². The number of rotatable bonds is 6. The van der Waals surface area contributed by atoms with Crippen LogP contribution in [0, 0.1) is 0 Å². The molecule has 8 nitrogen and oxygen atoms in total. The third-order valence-electron chi connectivity index (χ3n) is 4.01. The lowest BCUT2D eigenvalue weighted by Gasteiger charge is -2.09. The van der Waals surface area contributed by atoms with Crippen molar-refractivity contribution in [2.75, 3.05) is 21.3 Å². The lowest BCUT2D eigenvalue weighted by Crippen LogP contribution is -2.22. The van der Waals surface area contributed by atoms with Crippen LogP contribution in [0.3, 0.4) is 0 Å². The van der Waals surface area contributed by atoms with Crippen LogP contribution in [-0.2, 0) is 26.1 Å². The number of sulfonamides is 1. The average Bonchev–Trinajstić information content (AvgIpc) is 3.02. The largest absolute Gasteiger partial charge is 0.493 e. The molecule has 154 valence electrons. The maximum Gasteiger partial charge on any atom is 0.325 e. The number of aromatic nitrogens is 1. The molecule has 0 bridgehead atoms. The van der Waals surface area contributed by atoms with Gasteiger partial charge in [0.05, 0.1) is 36.4 Å². The number of carbonyl (C=O) groups excluding carboxylic acids is 1. The summed E-state index contributed by atoms with van der Waals surface area (Å²) in [6.07, 6.45) is 0. The third kappa shape index (κ3) is 4.39. The standard InChI is InChI=1S/C18H17ClN2O6S2/c1-25-14-8-13-16(9-15(14)26-2)28-18(21(13)10-17(22)27-3)20-29(23,24)12-6-4-11(19)5-7-12/h4-9H,10H2,1-3H3. The van der Waals surface area contributed by atoms with E-state index in [-0.39, 0.29) is 16.2 Å². The lowest BCUT2D eigenvalue weighted by atomic mass is 10.3. The van der Waals surface area contributed by atoms with Crippen LogP contribution < -0.4 is 14.3 Å². The van der Waals surface area contributed by atoms with Crippen molar-refractivity contribution in [1.82, 2.24) is 4.57 Å². The van der Waals surface area contributed by atoms with Crippen molar-refractivity contribution in [3.8, 4) is 11.5 Å². The lowest BCUT2D eigenvalue weighted by molar-refractivity contribution is -0.141. The number of nitrogens with zero attached hydrogens (tertiary/aromatic N) is 2. The summed E-state index contributed by atoms with van der Waals surface area (Å²) < 4.78 is 46.9. The summed E-state index contributed by atoms with van der Waals surface area (Å²) in [5.41, 5.74) is 0.558. The minimum absolute atomic E-state index is 0.0147. The molecular formula is C18H17ClN2O6S2. The van der Waals surface area contributed by atoms with E-state index in [4.69, 9.17) is 25.8 Å². The Balaban J connectivity index is 2.27. The summed E-state index contributed by atoms with van der Waals surface area (Å²) in [7, 11) is 0.199. The molecule has 0 saturated heterocycles. The molecular weight excluding hydrogens is 440 g/mol. The molecule has 0 aliphatic carbocycles. The molecule has 0 fully saturated rings. The zero-order chi connectivity index (χ0) is 21.2. The van der Waals surface area contributed by atoms with Crippen molar-refractivity contribution in [1.29, 1.82) is 0 Å². The molecule has 0 unspecified atom stereocenters. The Hall–Kier alpha value is -2.56. The molecule has 0 spiro atoms. The first kappa shape index (κ1) is 21.2. The quantitative estimate of drug-likeness (QED) is 0.529. The average molecular weight is 457 g/mol. The second-order valence-electron chi connectivity index (χ2n) is 5.74. The van der Waals surface area contributed by atoms with Crippen LogP contribution in [0.15, 0.2) is 45.7 Å². The molecule has 0 saturated carbocycles. The number of benzene rings is 2. The van der Waals surface area contributed by atoms with Gasteiger partial charge >= 0.3 is 5.97 Å². The van der Waals surface area contributed by atoms with Crippen LogP contribution in [-0.4, -0.2) is 40.3 Å². The minimum atomic E-state index is -4.03. The van der Waals surface area contributed by atoms with E-state index in [1.165, 1.54) is 50.2 Å².